The van der Waals surface area contributed by atoms with Gasteiger partial charge in [-0.2, -0.15) is 0 Å². The van der Waals surface area contributed by atoms with Gasteiger partial charge in [-0.25, -0.2) is 19.9 Å². The van der Waals surface area contributed by atoms with Crippen molar-refractivity contribution >= 4 is 11.9 Å². The summed E-state index contributed by atoms with van der Waals surface area (Å²) in [6.45, 7) is 9.51. The first-order chi connectivity index (χ1) is 18.4. The summed E-state index contributed by atoms with van der Waals surface area (Å²) in [4.78, 5) is 18.7. The Morgan fingerprint density at radius 2 is 1.00 bits per heavy atom. The molecule has 0 bridgehead atoms. The highest BCUT2D eigenvalue weighted by atomic mass is 16.3. The van der Waals surface area contributed by atoms with Crippen LogP contribution in [0.1, 0.15) is 49.5 Å². The zero-order valence-corrected chi connectivity index (χ0v) is 22.5. The van der Waals surface area contributed by atoms with E-state index in [0.717, 1.165) is 83.8 Å². The van der Waals surface area contributed by atoms with Gasteiger partial charge in [0.25, 0.3) is 0 Å². The number of hydrogen-bond donors (Lipinski definition) is 4. The Hall–Kier alpha value is -4.20. The van der Waals surface area contributed by atoms with Crippen molar-refractivity contribution < 1.29 is 10.2 Å². The van der Waals surface area contributed by atoms with E-state index in [1.807, 2.05) is 50.2 Å². The molecule has 4 rings (SSSR count). The van der Waals surface area contributed by atoms with Crippen molar-refractivity contribution in [3.63, 3.8) is 0 Å². The zero-order chi connectivity index (χ0) is 27.1. The lowest BCUT2D eigenvalue weighted by Crippen LogP contribution is -2.12. The Morgan fingerprint density at radius 1 is 0.605 bits per heavy atom. The molecule has 2 aromatic heterocycles. The molecule has 0 saturated heterocycles. The van der Waals surface area contributed by atoms with Crippen LogP contribution in [0.5, 0.6) is 11.5 Å². The summed E-state index contributed by atoms with van der Waals surface area (Å²) in [5, 5.41) is 27.3. The van der Waals surface area contributed by atoms with Gasteiger partial charge in [-0.1, -0.05) is 50.2 Å². The van der Waals surface area contributed by atoms with Crippen molar-refractivity contribution in [3.05, 3.63) is 71.3 Å². The third kappa shape index (κ3) is 6.02. The minimum absolute atomic E-state index is 0.236. The second-order valence-electron chi connectivity index (χ2n) is 9.21. The number of benzene rings is 2. The minimum Gasteiger partial charge on any atom is -0.507 e. The third-order valence-electron chi connectivity index (χ3n) is 6.52. The Kier molecular flexibility index (Phi) is 8.73. The molecule has 0 aliphatic carbocycles. The molecule has 0 atom stereocenters. The molecule has 0 amide bonds. The number of aryl methyl sites for hydroxylation is 4. The molecule has 0 unspecified atom stereocenters. The summed E-state index contributed by atoms with van der Waals surface area (Å²) in [6, 6.07) is 14.6. The average Bonchev–Trinajstić information content (AvgIpc) is 2.91. The summed E-state index contributed by atoms with van der Waals surface area (Å²) in [6.07, 6.45) is 3.34. The van der Waals surface area contributed by atoms with E-state index in [9.17, 15) is 10.2 Å². The van der Waals surface area contributed by atoms with Gasteiger partial charge in [0.15, 0.2) is 0 Å². The largest absolute Gasteiger partial charge is 0.507 e. The van der Waals surface area contributed by atoms with Crippen LogP contribution >= 0.6 is 0 Å². The Balaban J connectivity index is 1.33. The smallest absolute Gasteiger partial charge is 0.223 e. The molecule has 4 aromatic rings. The molecule has 2 heterocycles. The molecule has 0 saturated carbocycles. The summed E-state index contributed by atoms with van der Waals surface area (Å²) < 4.78 is 0. The van der Waals surface area contributed by atoms with Gasteiger partial charge in [0.2, 0.25) is 11.9 Å². The zero-order valence-electron chi connectivity index (χ0n) is 22.5. The first-order valence-corrected chi connectivity index (χ1v) is 13.2. The average molecular weight is 513 g/mol. The van der Waals surface area contributed by atoms with E-state index in [2.05, 4.69) is 34.4 Å². The summed E-state index contributed by atoms with van der Waals surface area (Å²) in [5.41, 5.74) is 6.83. The molecule has 2 aromatic carbocycles. The number of hydrogen-bond acceptors (Lipinski definition) is 8. The van der Waals surface area contributed by atoms with Gasteiger partial charge in [0.1, 0.15) is 11.5 Å². The first kappa shape index (κ1) is 26.9. The number of para-hydroxylation sites is 2. The number of phenolic OH excluding ortho intramolecular Hbond substituents is 2. The fourth-order valence-corrected chi connectivity index (χ4v) is 4.66. The maximum atomic E-state index is 10.3. The Morgan fingerprint density at radius 3 is 1.37 bits per heavy atom. The van der Waals surface area contributed by atoms with E-state index < -0.39 is 0 Å². The van der Waals surface area contributed by atoms with Crippen LogP contribution in [0, 0.1) is 13.8 Å². The van der Waals surface area contributed by atoms with Crippen molar-refractivity contribution in [2.24, 2.45) is 0 Å². The van der Waals surface area contributed by atoms with Crippen LogP contribution in [0.4, 0.5) is 11.9 Å². The molecular weight excluding hydrogens is 476 g/mol. The predicted molar refractivity (Wildman–Crippen MR) is 153 cm³/mol. The fraction of sp³-hybridized carbons (Fsp3) is 0.333. The third-order valence-corrected chi connectivity index (χ3v) is 6.52. The van der Waals surface area contributed by atoms with E-state index >= 15 is 0 Å². The molecule has 4 N–H and O–H groups in total. The Labute approximate surface area is 224 Å². The number of aromatic nitrogens is 4. The van der Waals surface area contributed by atoms with Crippen LogP contribution in [0.3, 0.4) is 0 Å². The van der Waals surface area contributed by atoms with Crippen molar-refractivity contribution in [1.82, 2.24) is 19.9 Å². The van der Waals surface area contributed by atoms with Crippen molar-refractivity contribution in [3.8, 4) is 33.8 Å². The highest BCUT2D eigenvalue weighted by Gasteiger charge is 2.16. The van der Waals surface area contributed by atoms with Crippen LogP contribution in [0.2, 0.25) is 0 Å². The van der Waals surface area contributed by atoms with E-state index in [1.54, 1.807) is 12.1 Å². The number of nitrogens with zero attached hydrogens (tertiary/aromatic N) is 4. The van der Waals surface area contributed by atoms with Gasteiger partial charge in [0.05, 0.1) is 22.8 Å². The maximum absolute atomic E-state index is 10.3. The van der Waals surface area contributed by atoms with E-state index in [4.69, 9.17) is 9.97 Å². The minimum atomic E-state index is 0.236. The number of rotatable bonds is 11. The molecular formula is C30H36N6O2. The molecule has 0 radical (unpaired) electrons. The second-order valence-corrected chi connectivity index (χ2v) is 9.21. The number of nitrogens with one attached hydrogen (secondary N) is 2. The number of phenols is 2. The van der Waals surface area contributed by atoms with Gasteiger partial charge in [-0.05, 0) is 51.7 Å². The normalized spacial score (nSPS) is 10.9. The molecule has 8 heteroatoms. The van der Waals surface area contributed by atoms with Gasteiger partial charge in [-0.15, -0.1) is 0 Å². The molecule has 198 valence electrons. The molecule has 0 aliphatic heterocycles. The lowest BCUT2D eigenvalue weighted by atomic mass is 10.00. The van der Waals surface area contributed by atoms with E-state index in [0.29, 0.717) is 11.9 Å². The topological polar surface area (TPSA) is 116 Å². The summed E-state index contributed by atoms with van der Waals surface area (Å²) in [5.74, 6) is 1.69. The lowest BCUT2D eigenvalue weighted by molar-refractivity contribution is 0.476. The van der Waals surface area contributed by atoms with Gasteiger partial charge < -0.3 is 20.8 Å². The molecule has 38 heavy (non-hydrogen) atoms. The van der Waals surface area contributed by atoms with Crippen LogP contribution in [0.15, 0.2) is 48.5 Å². The van der Waals surface area contributed by atoms with E-state index in [1.165, 1.54) is 0 Å². The van der Waals surface area contributed by atoms with Gasteiger partial charge in [0, 0.05) is 35.3 Å². The van der Waals surface area contributed by atoms with Crippen LogP contribution in [0.25, 0.3) is 22.3 Å². The van der Waals surface area contributed by atoms with Crippen molar-refractivity contribution in [2.75, 3.05) is 23.7 Å². The number of aromatic hydroxyl groups is 2. The van der Waals surface area contributed by atoms with Crippen molar-refractivity contribution in [1.29, 1.82) is 0 Å². The predicted octanol–water partition coefficient (Wildman–Crippen LogP) is 6.06. The second kappa shape index (κ2) is 12.4. The lowest BCUT2D eigenvalue weighted by Gasteiger charge is -2.15. The molecule has 0 fully saturated rings. The van der Waals surface area contributed by atoms with E-state index in [-0.39, 0.29) is 11.5 Å². The molecule has 8 nitrogen and oxygen atoms in total. The van der Waals surface area contributed by atoms with Gasteiger partial charge >= 0.3 is 0 Å². The molecule has 0 aliphatic rings. The highest BCUT2D eigenvalue weighted by molar-refractivity contribution is 5.75. The van der Waals surface area contributed by atoms with Crippen LogP contribution < -0.4 is 10.6 Å². The number of unbranched alkanes of at least 4 members (excludes halogenated alkanes) is 1. The quantitative estimate of drug-likeness (QED) is 0.179. The summed E-state index contributed by atoms with van der Waals surface area (Å²) >= 11 is 0. The SMILES string of the molecule is CCc1nc(NCCCCNc2nc(C)c(-c3ccccc3O)c(CC)n2)nc(C)c1-c1ccccc1O. The highest BCUT2D eigenvalue weighted by Crippen LogP contribution is 2.34. The van der Waals surface area contributed by atoms with Gasteiger partial charge in [-0.3, -0.25) is 0 Å². The first-order valence-electron chi connectivity index (χ1n) is 13.2. The maximum Gasteiger partial charge on any atom is 0.223 e. The summed E-state index contributed by atoms with van der Waals surface area (Å²) in [7, 11) is 0. The molecule has 0 spiro atoms. The van der Waals surface area contributed by atoms with Crippen LogP contribution in [-0.2, 0) is 12.8 Å². The monoisotopic (exact) mass is 512 g/mol. The standard InChI is InChI=1S/C30H36N6O2/c1-5-23-27(21-13-7-9-15-25(21)37)19(3)33-29(35-23)31-17-11-12-18-32-30-34-20(4)28(24(6-2)36-30)22-14-8-10-16-26(22)38/h7-10,13-16,37-38H,5-6,11-12,17-18H2,1-4H3,(H,31,33,35)(H,32,34,36). The van der Waals surface area contributed by atoms with Crippen molar-refractivity contribution in [2.45, 2.75) is 53.4 Å². The fourth-order valence-electron chi connectivity index (χ4n) is 4.66. The Bertz CT molecular complexity index is 1300. The van der Waals surface area contributed by atoms with Crippen LogP contribution in [-0.4, -0.2) is 43.2 Å². The number of anilines is 2.